The maximum Gasteiger partial charge on any atom is 0.301 e. The third-order valence-electron chi connectivity index (χ3n) is 6.49. The Balaban J connectivity index is 1.56. The van der Waals surface area contributed by atoms with Gasteiger partial charge in [0.25, 0.3) is 5.78 Å². The van der Waals surface area contributed by atoms with E-state index in [1.807, 2.05) is 32.0 Å². The van der Waals surface area contributed by atoms with Crippen molar-refractivity contribution in [2.45, 2.75) is 30.0 Å². The second kappa shape index (κ2) is 11.6. The number of carbonyl (C=O) groups is 2. The fourth-order valence-electron chi connectivity index (χ4n) is 4.40. The van der Waals surface area contributed by atoms with Crippen LogP contribution in [0, 0.1) is 13.8 Å². The van der Waals surface area contributed by atoms with Gasteiger partial charge in [-0.05, 0) is 60.9 Å². The first-order chi connectivity index (χ1) is 19.2. The van der Waals surface area contributed by atoms with Gasteiger partial charge in [-0.25, -0.2) is 0 Å². The molecule has 40 heavy (non-hydrogen) atoms. The second-order valence-electron chi connectivity index (χ2n) is 9.14. The number of hydrogen-bond donors (Lipinski definition) is 1. The Morgan fingerprint density at radius 3 is 2.50 bits per heavy atom. The summed E-state index contributed by atoms with van der Waals surface area (Å²) in [4.78, 5) is 28.3. The van der Waals surface area contributed by atoms with E-state index in [9.17, 15) is 14.7 Å². The highest BCUT2D eigenvalue weighted by Gasteiger charge is 2.48. The minimum absolute atomic E-state index is 0.0128. The number of methoxy groups -OCH3 is 1. The molecule has 1 aliphatic rings. The summed E-state index contributed by atoms with van der Waals surface area (Å²) < 4.78 is 5.88. The molecule has 1 aromatic heterocycles. The van der Waals surface area contributed by atoms with Gasteiger partial charge in [0.15, 0.2) is 4.34 Å². The standard InChI is InChI=1S/C29H23Cl2N3O4S2/c1-15-4-5-16(2)21(12-15)25(35)23-24(17-7-10-20(38-3)11-8-17)34(27(37)26(23)36)28-32-33-29(40-28)39-14-18-6-9-19(30)13-22(18)31/h4-13,24,35H,14H2,1-3H3/b25-23+. The summed E-state index contributed by atoms with van der Waals surface area (Å²) in [6, 6.07) is 17.0. The first-order valence-electron chi connectivity index (χ1n) is 12.1. The van der Waals surface area contributed by atoms with E-state index in [1.165, 1.54) is 28.0 Å². The highest BCUT2D eigenvalue weighted by molar-refractivity contribution is 8.00. The lowest BCUT2D eigenvalue weighted by molar-refractivity contribution is -0.132. The van der Waals surface area contributed by atoms with Gasteiger partial charge in [-0.3, -0.25) is 14.5 Å². The number of aromatic nitrogens is 2. The number of anilines is 1. The van der Waals surface area contributed by atoms with Crippen molar-refractivity contribution in [3.8, 4) is 5.75 Å². The number of thioether (sulfide) groups is 1. The molecule has 0 aliphatic carbocycles. The van der Waals surface area contributed by atoms with Crippen molar-refractivity contribution in [1.29, 1.82) is 0 Å². The summed E-state index contributed by atoms with van der Waals surface area (Å²) >= 11 is 14.9. The summed E-state index contributed by atoms with van der Waals surface area (Å²) in [5, 5.41) is 21.3. The molecule has 1 atom stereocenters. The van der Waals surface area contributed by atoms with E-state index in [0.717, 1.165) is 16.7 Å². The summed E-state index contributed by atoms with van der Waals surface area (Å²) in [5.41, 5.74) is 3.66. The highest BCUT2D eigenvalue weighted by Crippen LogP contribution is 2.44. The lowest BCUT2D eigenvalue weighted by atomic mass is 9.93. The zero-order valence-electron chi connectivity index (χ0n) is 21.6. The minimum Gasteiger partial charge on any atom is -0.507 e. The number of aliphatic hydroxyl groups is 1. The molecule has 204 valence electrons. The first kappa shape index (κ1) is 28.2. The Morgan fingerprint density at radius 1 is 1.05 bits per heavy atom. The van der Waals surface area contributed by atoms with E-state index >= 15 is 0 Å². The van der Waals surface area contributed by atoms with Gasteiger partial charge in [-0.1, -0.05) is 82.2 Å². The van der Waals surface area contributed by atoms with Crippen LogP contribution in [-0.4, -0.2) is 34.1 Å². The van der Waals surface area contributed by atoms with Gasteiger partial charge in [-0.2, -0.15) is 0 Å². The minimum atomic E-state index is -0.915. The number of amides is 1. The zero-order valence-corrected chi connectivity index (χ0v) is 24.8. The normalized spacial score (nSPS) is 16.5. The number of ether oxygens (including phenoxy) is 1. The second-order valence-corrected chi connectivity index (χ2v) is 12.2. The van der Waals surface area contributed by atoms with Crippen molar-refractivity contribution in [2.24, 2.45) is 0 Å². The summed E-state index contributed by atoms with van der Waals surface area (Å²) in [6.45, 7) is 3.74. The molecular formula is C29H23Cl2N3O4S2. The molecule has 0 saturated carbocycles. The molecule has 1 unspecified atom stereocenters. The Bertz CT molecular complexity index is 1650. The van der Waals surface area contributed by atoms with Crippen LogP contribution in [0.4, 0.5) is 5.13 Å². The number of ketones is 1. The van der Waals surface area contributed by atoms with E-state index in [4.69, 9.17) is 27.9 Å². The van der Waals surface area contributed by atoms with E-state index in [1.54, 1.807) is 49.6 Å². The largest absolute Gasteiger partial charge is 0.507 e. The van der Waals surface area contributed by atoms with Crippen LogP contribution in [0.15, 0.2) is 70.6 Å². The van der Waals surface area contributed by atoms with Gasteiger partial charge < -0.3 is 9.84 Å². The number of nitrogens with zero attached hydrogens (tertiary/aromatic N) is 3. The molecule has 0 radical (unpaired) electrons. The molecule has 4 aromatic rings. The lowest BCUT2D eigenvalue weighted by Crippen LogP contribution is -2.29. The van der Waals surface area contributed by atoms with Crippen LogP contribution in [0.5, 0.6) is 5.75 Å². The average molecular weight is 613 g/mol. The number of aliphatic hydroxyl groups excluding tert-OH is 1. The fourth-order valence-corrected chi connectivity index (χ4v) is 6.83. The number of benzene rings is 3. The third kappa shape index (κ3) is 5.47. The molecule has 0 spiro atoms. The Labute approximate surface area is 249 Å². The van der Waals surface area contributed by atoms with Gasteiger partial charge in [0.2, 0.25) is 5.13 Å². The molecule has 3 aromatic carbocycles. The summed E-state index contributed by atoms with van der Waals surface area (Å²) in [5.74, 6) is -0.694. The number of rotatable bonds is 7. The molecule has 5 rings (SSSR count). The maximum absolute atomic E-state index is 13.5. The number of halogens is 2. The summed E-state index contributed by atoms with van der Waals surface area (Å²) in [6.07, 6.45) is 0. The molecular weight excluding hydrogens is 589 g/mol. The third-order valence-corrected chi connectivity index (χ3v) is 9.18. The number of aryl methyl sites for hydroxylation is 2. The number of Topliss-reactive ketones (excluding diaryl/α,β-unsaturated/α-hetero) is 1. The number of hydrogen-bond acceptors (Lipinski definition) is 8. The SMILES string of the molecule is COc1ccc(C2/C(=C(\O)c3cc(C)ccc3C)C(=O)C(=O)N2c2nnc(SCc3ccc(Cl)cc3Cl)s2)cc1. The van der Waals surface area contributed by atoms with Gasteiger partial charge in [-0.15, -0.1) is 10.2 Å². The monoisotopic (exact) mass is 611 g/mol. The van der Waals surface area contributed by atoms with Crippen molar-refractivity contribution in [1.82, 2.24) is 10.2 Å². The van der Waals surface area contributed by atoms with Gasteiger partial charge in [0, 0.05) is 21.4 Å². The molecule has 1 N–H and O–H groups in total. The lowest BCUT2D eigenvalue weighted by Gasteiger charge is -2.23. The van der Waals surface area contributed by atoms with Crippen molar-refractivity contribution < 1.29 is 19.4 Å². The van der Waals surface area contributed by atoms with Crippen molar-refractivity contribution in [3.63, 3.8) is 0 Å². The van der Waals surface area contributed by atoms with E-state index in [0.29, 0.717) is 37.0 Å². The quantitative estimate of drug-likeness (QED) is 0.0765. The number of carbonyl (C=O) groups excluding carboxylic acids is 2. The van der Waals surface area contributed by atoms with Crippen LogP contribution in [0.3, 0.4) is 0 Å². The predicted molar refractivity (Wildman–Crippen MR) is 160 cm³/mol. The molecule has 2 heterocycles. The zero-order chi connectivity index (χ0) is 28.6. The maximum atomic E-state index is 13.5. The van der Waals surface area contributed by atoms with Crippen LogP contribution in [0.2, 0.25) is 10.0 Å². The van der Waals surface area contributed by atoms with Gasteiger partial charge in [0.05, 0.1) is 18.7 Å². The molecule has 11 heteroatoms. The van der Waals surface area contributed by atoms with Crippen molar-refractivity contribution in [3.05, 3.63) is 104 Å². The summed E-state index contributed by atoms with van der Waals surface area (Å²) in [7, 11) is 1.55. The van der Waals surface area contributed by atoms with Crippen LogP contribution < -0.4 is 9.64 Å². The first-order valence-corrected chi connectivity index (χ1v) is 14.7. The Kier molecular flexibility index (Phi) is 8.19. The van der Waals surface area contributed by atoms with Crippen LogP contribution in [-0.2, 0) is 15.3 Å². The predicted octanol–water partition coefficient (Wildman–Crippen LogP) is 7.39. The van der Waals surface area contributed by atoms with E-state index < -0.39 is 17.7 Å². The Hall–Kier alpha value is -3.37. The fraction of sp³-hybridized carbons (Fsp3) is 0.172. The van der Waals surface area contributed by atoms with Gasteiger partial charge >= 0.3 is 5.91 Å². The topological polar surface area (TPSA) is 92.6 Å². The van der Waals surface area contributed by atoms with E-state index in [2.05, 4.69) is 10.2 Å². The van der Waals surface area contributed by atoms with E-state index in [-0.39, 0.29) is 16.5 Å². The molecule has 7 nitrogen and oxygen atoms in total. The van der Waals surface area contributed by atoms with Gasteiger partial charge in [0.1, 0.15) is 11.5 Å². The molecule has 0 bridgehead atoms. The molecule has 1 fully saturated rings. The molecule has 1 saturated heterocycles. The van der Waals surface area contributed by atoms with Crippen LogP contribution in [0.25, 0.3) is 5.76 Å². The smallest absolute Gasteiger partial charge is 0.301 e. The molecule has 1 aliphatic heterocycles. The average Bonchev–Trinajstić information content (AvgIpc) is 3.51. The van der Waals surface area contributed by atoms with Crippen LogP contribution >= 0.6 is 46.3 Å². The van der Waals surface area contributed by atoms with Crippen molar-refractivity contribution in [2.75, 3.05) is 12.0 Å². The van der Waals surface area contributed by atoms with Crippen LogP contribution in [0.1, 0.15) is 33.9 Å². The van der Waals surface area contributed by atoms with Crippen molar-refractivity contribution >= 4 is 68.9 Å². The highest BCUT2D eigenvalue weighted by atomic mass is 35.5. The Morgan fingerprint density at radius 2 is 1.80 bits per heavy atom. The molecule has 1 amide bonds.